The van der Waals surface area contributed by atoms with Gasteiger partial charge in [-0.05, 0) is 56.9 Å². The molecule has 1 amide bonds. The number of hydrogen-bond donors (Lipinski definition) is 0. The maximum atomic E-state index is 14.1. The van der Waals surface area contributed by atoms with Gasteiger partial charge in [-0.25, -0.2) is 4.79 Å². The van der Waals surface area contributed by atoms with E-state index < -0.39 is 53.4 Å². The van der Waals surface area contributed by atoms with Crippen molar-refractivity contribution in [3.63, 3.8) is 0 Å². The molecule has 0 saturated carbocycles. The lowest BCUT2D eigenvalue weighted by atomic mass is 9.92. The number of nitrogens with zero attached hydrogens (tertiary/aromatic N) is 1. The third-order valence-corrected chi connectivity index (χ3v) is 5.47. The number of carbonyl (C=O) groups excluding carboxylic acids is 1. The van der Waals surface area contributed by atoms with Crippen molar-refractivity contribution in [1.29, 1.82) is 0 Å². The van der Waals surface area contributed by atoms with E-state index in [1.54, 1.807) is 51.1 Å². The first-order valence-electron chi connectivity index (χ1n) is 11.1. The number of halogens is 6. The maximum Gasteiger partial charge on any atom is 0.418 e. The van der Waals surface area contributed by atoms with Gasteiger partial charge in [0, 0.05) is 6.54 Å². The molecular formula is C25H27F6NO3. The summed E-state index contributed by atoms with van der Waals surface area (Å²) in [5.74, 6) is 0. The number of carbonyl (C=O) groups is 1. The second-order valence-corrected chi connectivity index (χ2v) is 9.39. The van der Waals surface area contributed by atoms with Gasteiger partial charge in [0.25, 0.3) is 0 Å². The van der Waals surface area contributed by atoms with Gasteiger partial charge in [0.05, 0.1) is 17.7 Å². The van der Waals surface area contributed by atoms with E-state index in [1.165, 1.54) is 4.90 Å². The van der Waals surface area contributed by atoms with E-state index in [9.17, 15) is 31.1 Å². The Morgan fingerprint density at radius 2 is 1.63 bits per heavy atom. The van der Waals surface area contributed by atoms with E-state index in [0.717, 1.165) is 12.1 Å². The summed E-state index contributed by atoms with van der Waals surface area (Å²) in [4.78, 5) is 14.3. The lowest BCUT2D eigenvalue weighted by Crippen LogP contribution is -2.48. The number of rotatable bonds is 4. The first-order valence-corrected chi connectivity index (χ1v) is 11.1. The summed E-state index contributed by atoms with van der Waals surface area (Å²) >= 11 is 0. The zero-order valence-electron chi connectivity index (χ0n) is 19.5. The van der Waals surface area contributed by atoms with Crippen LogP contribution in [-0.2, 0) is 15.7 Å². The lowest BCUT2D eigenvalue weighted by Gasteiger charge is -2.43. The third kappa shape index (κ3) is 6.90. The molecule has 1 saturated heterocycles. The van der Waals surface area contributed by atoms with Crippen LogP contribution >= 0.6 is 0 Å². The highest BCUT2D eigenvalue weighted by molar-refractivity contribution is 5.69. The molecule has 2 unspecified atom stereocenters. The third-order valence-electron chi connectivity index (χ3n) is 5.47. The van der Waals surface area contributed by atoms with Crippen LogP contribution in [0.1, 0.15) is 62.4 Å². The van der Waals surface area contributed by atoms with Gasteiger partial charge >= 0.3 is 18.4 Å². The SMILES string of the molecule is CC(C)(C)OC(=O)N1CCCC(O[C@@H](c2cccc(C(F)(F)F)c2)C(F)(F)F)C1c1ccccc1. The molecule has 192 valence electrons. The predicted octanol–water partition coefficient (Wildman–Crippen LogP) is 7.47. The summed E-state index contributed by atoms with van der Waals surface area (Å²) in [6.45, 7) is 5.25. The molecule has 2 aromatic rings. The van der Waals surface area contributed by atoms with Crippen molar-refractivity contribution < 1.29 is 40.6 Å². The molecule has 0 spiro atoms. The average molecular weight is 503 g/mol. The quantitative estimate of drug-likeness (QED) is 0.407. The molecule has 4 nitrogen and oxygen atoms in total. The second-order valence-electron chi connectivity index (χ2n) is 9.39. The van der Waals surface area contributed by atoms with Crippen LogP contribution in [0, 0.1) is 0 Å². The van der Waals surface area contributed by atoms with Crippen LogP contribution < -0.4 is 0 Å². The molecule has 0 N–H and O–H groups in total. The first-order chi connectivity index (χ1) is 16.2. The number of amides is 1. The molecule has 3 rings (SSSR count). The molecule has 35 heavy (non-hydrogen) atoms. The summed E-state index contributed by atoms with van der Waals surface area (Å²) < 4.78 is 92.8. The molecule has 0 bridgehead atoms. The Hall–Kier alpha value is -2.75. The number of piperidine rings is 1. The van der Waals surface area contributed by atoms with Gasteiger partial charge in [0.2, 0.25) is 0 Å². The van der Waals surface area contributed by atoms with Crippen molar-refractivity contribution in [3.8, 4) is 0 Å². The minimum Gasteiger partial charge on any atom is -0.444 e. The Morgan fingerprint density at radius 1 is 0.971 bits per heavy atom. The Bertz CT molecular complexity index is 1000. The maximum absolute atomic E-state index is 14.1. The molecule has 0 radical (unpaired) electrons. The second kappa shape index (κ2) is 10.1. The molecule has 0 aromatic heterocycles. The largest absolute Gasteiger partial charge is 0.444 e. The number of alkyl halides is 6. The minimum atomic E-state index is -4.99. The Morgan fingerprint density at radius 3 is 2.20 bits per heavy atom. The molecule has 1 aliphatic rings. The van der Waals surface area contributed by atoms with Crippen molar-refractivity contribution in [2.45, 2.75) is 69.8 Å². The molecule has 1 fully saturated rings. The van der Waals surface area contributed by atoms with Crippen LogP contribution in [0.15, 0.2) is 54.6 Å². The van der Waals surface area contributed by atoms with E-state index in [0.29, 0.717) is 24.1 Å². The van der Waals surface area contributed by atoms with Crippen molar-refractivity contribution in [3.05, 3.63) is 71.3 Å². The van der Waals surface area contributed by atoms with Crippen molar-refractivity contribution >= 4 is 6.09 Å². The smallest absolute Gasteiger partial charge is 0.418 e. The van der Waals surface area contributed by atoms with Crippen LogP contribution in [0.3, 0.4) is 0 Å². The van der Waals surface area contributed by atoms with E-state index in [4.69, 9.17) is 9.47 Å². The van der Waals surface area contributed by atoms with Gasteiger partial charge in [-0.1, -0.05) is 42.5 Å². The van der Waals surface area contributed by atoms with Gasteiger partial charge in [-0.15, -0.1) is 0 Å². The molecule has 10 heteroatoms. The van der Waals surface area contributed by atoms with Gasteiger partial charge < -0.3 is 9.47 Å². The fourth-order valence-corrected chi connectivity index (χ4v) is 4.07. The zero-order valence-corrected chi connectivity index (χ0v) is 19.5. The van der Waals surface area contributed by atoms with Crippen LogP contribution in [0.5, 0.6) is 0 Å². The predicted molar refractivity (Wildman–Crippen MR) is 116 cm³/mol. The number of likely N-dealkylation sites (tertiary alicyclic amines) is 1. The first kappa shape index (κ1) is 26.8. The van der Waals surface area contributed by atoms with Gasteiger partial charge in [0.15, 0.2) is 6.10 Å². The summed E-state index contributed by atoms with van der Waals surface area (Å²) in [5, 5.41) is 0. The van der Waals surface area contributed by atoms with Gasteiger partial charge in [0.1, 0.15) is 5.60 Å². The molecule has 2 aromatic carbocycles. The van der Waals surface area contributed by atoms with Crippen LogP contribution in [-0.4, -0.2) is 35.4 Å². The monoisotopic (exact) mass is 503 g/mol. The van der Waals surface area contributed by atoms with E-state index in [2.05, 4.69) is 0 Å². The summed E-state index contributed by atoms with van der Waals surface area (Å²) in [6.07, 6.45) is -13.7. The average Bonchev–Trinajstić information content (AvgIpc) is 2.75. The fraction of sp³-hybridized carbons (Fsp3) is 0.480. The Kier molecular flexibility index (Phi) is 7.74. The molecule has 0 aliphatic carbocycles. The summed E-state index contributed by atoms with van der Waals surface area (Å²) in [6, 6.07) is 10.5. The standard InChI is InChI=1S/C25H27F6NO3/c1-23(2,3)35-22(33)32-14-8-13-19(20(32)16-9-5-4-6-10-16)34-21(25(29,30)31)17-11-7-12-18(15-17)24(26,27)28/h4-7,9-12,15,19-21H,8,13-14H2,1-3H3/t19?,20?,21-/m0/s1. The van der Waals surface area contributed by atoms with Crippen molar-refractivity contribution in [2.24, 2.45) is 0 Å². The number of hydrogen-bond acceptors (Lipinski definition) is 3. The number of ether oxygens (including phenoxy) is 2. The minimum absolute atomic E-state index is 0.171. The highest BCUT2D eigenvalue weighted by Gasteiger charge is 2.47. The van der Waals surface area contributed by atoms with E-state index >= 15 is 0 Å². The molecule has 3 atom stereocenters. The van der Waals surface area contributed by atoms with E-state index in [1.807, 2.05) is 0 Å². The Balaban J connectivity index is 2.00. The molecular weight excluding hydrogens is 476 g/mol. The topological polar surface area (TPSA) is 38.8 Å². The van der Waals surface area contributed by atoms with Gasteiger partial charge in [-0.2, -0.15) is 26.3 Å². The van der Waals surface area contributed by atoms with Crippen molar-refractivity contribution in [1.82, 2.24) is 4.90 Å². The molecule has 1 aliphatic heterocycles. The normalized spacial score (nSPS) is 20.4. The fourth-order valence-electron chi connectivity index (χ4n) is 4.07. The van der Waals surface area contributed by atoms with Crippen LogP contribution in [0.2, 0.25) is 0 Å². The Labute approximate surface area is 199 Å². The highest BCUT2D eigenvalue weighted by Crippen LogP contribution is 2.43. The van der Waals surface area contributed by atoms with Crippen LogP contribution in [0.4, 0.5) is 31.1 Å². The summed E-state index contributed by atoms with van der Waals surface area (Å²) in [7, 11) is 0. The highest BCUT2D eigenvalue weighted by atomic mass is 19.4. The summed E-state index contributed by atoms with van der Waals surface area (Å²) in [5.41, 5.74) is -2.16. The number of benzene rings is 2. The lowest BCUT2D eigenvalue weighted by molar-refractivity contribution is -0.246. The molecule has 1 heterocycles. The van der Waals surface area contributed by atoms with Gasteiger partial charge in [-0.3, -0.25) is 4.90 Å². The van der Waals surface area contributed by atoms with Crippen LogP contribution in [0.25, 0.3) is 0 Å². The van der Waals surface area contributed by atoms with Crippen molar-refractivity contribution in [2.75, 3.05) is 6.54 Å². The zero-order chi connectivity index (χ0) is 26.0. The van der Waals surface area contributed by atoms with E-state index in [-0.39, 0.29) is 13.0 Å².